The lowest BCUT2D eigenvalue weighted by molar-refractivity contribution is -0.135. The molecule has 0 aromatic carbocycles. The molecule has 0 spiro atoms. The van der Waals surface area contributed by atoms with Crippen molar-refractivity contribution in [2.45, 2.75) is 31.9 Å². The van der Waals surface area contributed by atoms with E-state index >= 15 is 0 Å². The average Bonchev–Trinajstić information content (AvgIpc) is 2.61. The van der Waals surface area contributed by atoms with Crippen molar-refractivity contribution in [1.82, 2.24) is 8.75 Å². The molecule has 1 rings (SSSR count). The molecule has 0 atom stereocenters. The van der Waals surface area contributed by atoms with Gasteiger partial charge in [0.25, 0.3) is 0 Å². The first-order valence-electron chi connectivity index (χ1n) is 4.55. The smallest absolute Gasteiger partial charge is 0.389 e. The lowest BCUT2D eigenvalue weighted by Gasteiger charge is -2.05. The summed E-state index contributed by atoms with van der Waals surface area (Å²) < 4.78 is 47.9. The molecular formula is C8H11F3N2OS. The van der Waals surface area contributed by atoms with Crippen LogP contribution in [-0.4, -0.2) is 21.5 Å². The standard InChI is InChI=1S/C8H11F3N2OS/c9-8(10,11)4-2-1-3-5-14-7-6-12-15-13-7/h6H,1-5H2. The van der Waals surface area contributed by atoms with E-state index in [0.29, 0.717) is 25.3 Å². The van der Waals surface area contributed by atoms with Gasteiger partial charge in [-0.3, -0.25) is 0 Å². The Morgan fingerprint density at radius 2 is 2.07 bits per heavy atom. The normalized spacial score (nSPS) is 11.7. The second-order valence-corrected chi connectivity index (χ2v) is 3.58. The fourth-order valence-corrected chi connectivity index (χ4v) is 1.37. The Kier molecular flexibility index (Phi) is 4.80. The Morgan fingerprint density at radius 3 is 2.67 bits per heavy atom. The van der Waals surface area contributed by atoms with E-state index in [2.05, 4.69) is 8.75 Å². The second kappa shape index (κ2) is 5.89. The van der Waals surface area contributed by atoms with E-state index in [0.717, 1.165) is 11.7 Å². The van der Waals surface area contributed by atoms with E-state index in [9.17, 15) is 13.2 Å². The largest absolute Gasteiger partial charge is 0.476 e. The number of unbranched alkanes of at least 4 members (excludes halogenated alkanes) is 2. The highest BCUT2D eigenvalue weighted by Gasteiger charge is 2.25. The number of rotatable bonds is 6. The minimum absolute atomic E-state index is 0.155. The average molecular weight is 240 g/mol. The Bertz CT molecular complexity index is 263. The molecule has 0 radical (unpaired) electrons. The molecule has 0 saturated carbocycles. The van der Waals surface area contributed by atoms with Crippen molar-refractivity contribution in [3.8, 4) is 5.88 Å². The molecule has 0 amide bonds. The van der Waals surface area contributed by atoms with Gasteiger partial charge in [-0.2, -0.15) is 17.5 Å². The summed E-state index contributed by atoms with van der Waals surface area (Å²) in [6.07, 6.45) is -2.00. The molecular weight excluding hydrogens is 229 g/mol. The van der Waals surface area contributed by atoms with E-state index in [1.54, 1.807) is 0 Å². The molecule has 1 aromatic heterocycles. The van der Waals surface area contributed by atoms with E-state index in [4.69, 9.17) is 4.74 Å². The molecule has 1 aromatic rings. The van der Waals surface area contributed by atoms with Gasteiger partial charge in [0.15, 0.2) is 0 Å². The van der Waals surface area contributed by atoms with Crippen LogP contribution in [0, 0.1) is 0 Å². The van der Waals surface area contributed by atoms with Gasteiger partial charge in [0, 0.05) is 6.42 Å². The number of hydrogen-bond donors (Lipinski definition) is 0. The van der Waals surface area contributed by atoms with Gasteiger partial charge < -0.3 is 4.74 Å². The summed E-state index contributed by atoms with van der Waals surface area (Å²) in [6, 6.07) is 0. The van der Waals surface area contributed by atoms with Crippen molar-refractivity contribution < 1.29 is 17.9 Å². The van der Waals surface area contributed by atoms with Crippen LogP contribution in [0.15, 0.2) is 6.20 Å². The van der Waals surface area contributed by atoms with Crippen molar-refractivity contribution in [2.24, 2.45) is 0 Å². The first kappa shape index (κ1) is 12.2. The van der Waals surface area contributed by atoms with Crippen molar-refractivity contribution in [1.29, 1.82) is 0 Å². The Morgan fingerprint density at radius 1 is 1.27 bits per heavy atom. The molecule has 7 heteroatoms. The van der Waals surface area contributed by atoms with Crippen molar-refractivity contribution in [3.63, 3.8) is 0 Å². The lowest BCUT2D eigenvalue weighted by Crippen LogP contribution is -2.06. The summed E-state index contributed by atoms with van der Waals surface area (Å²) in [5.41, 5.74) is 0. The van der Waals surface area contributed by atoms with Gasteiger partial charge >= 0.3 is 6.18 Å². The maximum atomic E-state index is 11.7. The third-order valence-electron chi connectivity index (χ3n) is 1.70. The predicted molar refractivity (Wildman–Crippen MR) is 49.9 cm³/mol. The van der Waals surface area contributed by atoms with Crippen LogP contribution in [0.25, 0.3) is 0 Å². The first-order chi connectivity index (χ1) is 7.08. The molecule has 0 aliphatic heterocycles. The Hall–Kier alpha value is -0.850. The molecule has 1 heterocycles. The van der Waals surface area contributed by atoms with Crippen LogP contribution in [0.1, 0.15) is 25.7 Å². The maximum absolute atomic E-state index is 11.7. The highest BCUT2D eigenvalue weighted by atomic mass is 32.1. The van der Waals surface area contributed by atoms with Crippen molar-refractivity contribution >= 4 is 11.7 Å². The minimum atomic E-state index is -4.04. The molecule has 0 fully saturated rings. The fourth-order valence-electron chi connectivity index (χ4n) is 1.00. The molecule has 0 unspecified atom stereocenters. The topological polar surface area (TPSA) is 35.0 Å². The van der Waals surface area contributed by atoms with Crippen LogP contribution in [0.5, 0.6) is 5.88 Å². The summed E-state index contributed by atoms with van der Waals surface area (Å²) in [6.45, 7) is 0.392. The molecule has 15 heavy (non-hydrogen) atoms. The van der Waals surface area contributed by atoms with E-state index in [1.165, 1.54) is 6.20 Å². The monoisotopic (exact) mass is 240 g/mol. The van der Waals surface area contributed by atoms with Gasteiger partial charge in [-0.05, 0) is 19.3 Å². The minimum Gasteiger partial charge on any atom is -0.476 e. The zero-order valence-electron chi connectivity index (χ0n) is 7.96. The Labute approximate surface area is 89.6 Å². The summed E-state index contributed by atoms with van der Waals surface area (Å²) >= 11 is 1.04. The van der Waals surface area contributed by atoms with Gasteiger partial charge in [-0.15, -0.1) is 4.37 Å². The van der Waals surface area contributed by atoms with E-state index in [1.807, 2.05) is 0 Å². The van der Waals surface area contributed by atoms with Crippen LogP contribution >= 0.6 is 11.7 Å². The SMILES string of the molecule is FC(F)(F)CCCCCOc1cnsn1. The zero-order chi connectivity index (χ0) is 11.1. The lowest BCUT2D eigenvalue weighted by atomic mass is 10.2. The molecule has 0 aliphatic rings. The number of alkyl halides is 3. The van der Waals surface area contributed by atoms with Crippen LogP contribution in [0.3, 0.4) is 0 Å². The van der Waals surface area contributed by atoms with E-state index in [-0.39, 0.29) is 6.42 Å². The second-order valence-electron chi connectivity index (χ2n) is 3.02. The maximum Gasteiger partial charge on any atom is 0.389 e. The molecule has 86 valence electrons. The van der Waals surface area contributed by atoms with Gasteiger partial charge in [-0.1, -0.05) is 0 Å². The Balaban J connectivity index is 1.94. The van der Waals surface area contributed by atoms with Crippen LogP contribution in [0.4, 0.5) is 13.2 Å². The number of hydrogen-bond acceptors (Lipinski definition) is 4. The first-order valence-corrected chi connectivity index (χ1v) is 5.28. The summed E-state index contributed by atoms with van der Waals surface area (Å²) in [5.74, 6) is 0.441. The van der Waals surface area contributed by atoms with Gasteiger partial charge in [0.1, 0.15) is 6.20 Å². The van der Waals surface area contributed by atoms with Crippen molar-refractivity contribution in [2.75, 3.05) is 6.61 Å². The highest BCUT2D eigenvalue weighted by molar-refractivity contribution is 6.99. The van der Waals surface area contributed by atoms with Gasteiger partial charge in [0.2, 0.25) is 5.88 Å². The molecule has 3 nitrogen and oxygen atoms in total. The van der Waals surface area contributed by atoms with E-state index < -0.39 is 12.6 Å². The summed E-state index contributed by atoms with van der Waals surface area (Å²) in [4.78, 5) is 0. The van der Waals surface area contributed by atoms with Crippen LogP contribution < -0.4 is 4.74 Å². The zero-order valence-corrected chi connectivity index (χ0v) is 8.77. The van der Waals surface area contributed by atoms with Crippen LogP contribution in [-0.2, 0) is 0 Å². The molecule has 0 aliphatic carbocycles. The van der Waals surface area contributed by atoms with Crippen molar-refractivity contribution in [3.05, 3.63) is 6.20 Å². The summed E-state index contributed by atoms with van der Waals surface area (Å²) in [5, 5.41) is 0. The third kappa shape index (κ3) is 6.27. The summed E-state index contributed by atoms with van der Waals surface area (Å²) in [7, 11) is 0. The predicted octanol–water partition coefficient (Wildman–Crippen LogP) is 3.04. The number of aromatic nitrogens is 2. The number of halogens is 3. The molecule has 0 N–H and O–H groups in total. The fraction of sp³-hybridized carbons (Fsp3) is 0.750. The molecule has 0 bridgehead atoms. The van der Waals surface area contributed by atoms with Crippen LogP contribution in [0.2, 0.25) is 0 Å². The highest BCUT2D eigenvalue weighted by Crippen LogP contribution is 2.22. The quantitative estimate of drug-likeness (QED) is 0.717. The third-order valence-corrected chi connectivity index (χ3v) is 2.16. The van der Waals surface area contributed by atoms with Gasteiger partial charge in [-0.25, -0.2) is 0 Å². The molecule has 0 saturated heterocycles. The number of ether oxygens (including phenoxy) is 1. The number of nitrogens with zero attached hydrogens (tertiary/aromatic N) is 2. The van der Waals surface area contributed by atoms with Gasteiger partial charge in [0.05, 0.1) is 18.3 Å².